The molecule has 6 nitrogen and oxygen atoms in total. The van der Waals surface area contributed by atoms with Crippen molar-refractivity contribution in [2.24, 2.45) is 0 Å². The zero-order chi connectivity index (χ0) is 21.8. The van der Waals surface area contributed by atoms with Gasteiger partial charge in [-0.05, 0) is 55.7 Å². The van der Waals surface area contributed by atoms with Gasteiger partial charge in [-0.1, -0.05) is 12.1 Å². The fourth-order valence-corrected chi connectivity index (χ4v) is 4.22. The van der Waals surface area contributed by atoms with E-state index in [4.69, 9.17) is 9.15 Å². The summed E-state index contributed by atoms with van der Waals surface area (Å²) in [4.78, 5) is 16.4. The van der Waals surface area contributed by atoms with Gasteiger partial charge in [0.05, 0.1) is 23.2 Å². The number of rotatable bonds is 6. The van der Waals surface area contributed by atoms with Crippen molar-refractivity contribution in [1.29, 1.82) is 5.26 Å². The van der Waals surface area contributed by atoms with E-state index < -0.39 is 0 Å². The number of fused-ring (bicyclic) bond motifs is 1. The molecule has 1 aromatic heterocycles. The number of para-hydroxylation sites is 1. The maximum Gasteiger partial charge on any atom is 0.336 e. The molecule has 160 valence electrons. The molecule has 1 saturated heterocycles. The Balaban J connectivity index is 1.31. The SMILES string of the molecule is Cc1cc(OCCCN2CCN(c3ccccc3C#N)CC2)c2c(C)cc(=O)oc2c1. The van der Waals surface area contributed by atoms with Gasteiger partial charge in [-0.3, -0.25) is 4.90 Å². The molecule has 2 heterocycles. The summed E-state index contributed by atoms with van der Waals surface area (Å²) in [6, 6.07) is 15.5. The fourth-order valence-electron chi connectivity index (χ4n) is 4.22. The van der Waals surface area contributed by atoms with E-state index in [1.807, 2.05) is 50.2 Å². The molecule has 6 heteroatoms. The number of nitriles is 1. The number of anilines is 1. The third-order valence-corrected chi connectivity index (χ3v) is 5.76. The molecular weight excluding hydrogens is 390 g/mol. The van der Waals surface area contributed by atoms with E-state index in [0.29, 0.717) is 12.2 Å². The number of piperazine rings is 1. The summed E-state index contributed by atoms with van der Waals surface area (Å²) in [5.74, 6) is 0.772. The van der Waals surface area contributed by atoms with Crippen molar-refractivity contribution in [3.63, 3.8) is 0 Å². The highest BCUT2D eigenvalue weighted by Gasteiger charge is 2.19. The third-order valence-electron chi connectivity index (χ3n) is 5.76. The lowest BCUT2D eigenvalue weighted by Gasteiger charge is -2.36. The third kappa shape index (κ3) is 4.73. The molecule has 0 amide bonds. The normalized spacial score (nSPS) is 14.5. The van der Waals surface area contributed by atoms with E-state index >= 15 is 0 Å². The van der Waals surface area contributed by atoms with Crippen LogP contribution in [0.3, 0.4) is 0 Å². The second-order valence-corrected chi connectivity index (χ2v) is 8.04. The van der Waals surface area contributed by atoms with E-state index in [9.17, 15) is 10.1 Å². The largest absolute Gasteiger partial charge is 0.493 e. The molecule has 0 N–H and O–H groups in total. The molecular formula is C25H27N3O3. The molecule has 0 atom stereocenters. The molecule has 2 aromatic carbocycles. The van der Waals surface area contributed by atoms with Crippen LogP contribution in [0.2, 0.25) is 0 Å². The minimum atomic E-state index is -0.335. The molecule has 0 unspecified atom stereocenters. The monoisotopic (exact) mass is 417 g/mol. The number of nitrogens with zero attached hydrogens (tertiary/aromatic N) is 3. The van der Waals surface area contributed by atoms with Gasteiger partial charge in [-0.15, -0.1) is 0 Å². The Hall–Kier alpha value is -3.30. The first-order valence-corrected chi connectivity index (χ1v) is 10.7. The lowest BCUT2D eigenvalue weighted by atomic mass is 10.1. The van der Waals surface area contributed by atoms with Gasteiger partial charge >= 0.3 is 5.63 Å². The van der Waals surface area contributed by atoms with Crippen molar-refractivity contribution in [3.05, 3.63) is 69.6 Å². The first kappa shape index (κ1) is 21.0. The van der Waals surface area contributed by atoms with Crippen LogP contribution in [-0.4, -0.2) is 44.2 Å². The van der Waals surface area contributed by atoms with Crippen LogP contribution in [0.25, 0.3) is 11.0 Å². The van der Waals surface area contributed by atoms with Gasteiger partial charge in [0, 0.05) is 38.8 Å². The van der Waals surface area contributed by atoms with Gasteiger partial charge in [0.15, 0.2) is 0 Å². The minimum Gasteiger partial charge on any atom is -0.493 e. The standard InChI is InChI=1S/C25H27N3O3/c1-18-14-22(25-19(2)16-24(29)31-23(25)15-18)30-13-5-8-27-9-11-28(12-10-27)21-7-4-3-6-20(21)17-26/h3-4,6-7,14-16H,5,8-13H2,1-2H3. The van der Waals surface area contributed by atoms with E-state index in [1.54, 1.807) is 0 Å². The lowest BCUT2D eigenvalue weighted by molar-refractivity contribution is 0.225. The van der Waals surface area contributed by atoms with Crippen molar-refractivity contribution >= 4 is 16.7 Å². The van der Waals surface area contributed by atoms with E-state index in [-0.39, 0.29) is 5.63 Å². The van der Waals surface area contributed by atoms with Crippen molar-refractivity contribution in [3.8, 4) is 11.8 Å². The predicted molar refractivity (Wildman–Crippen MR) is 122 cm³/mol. The molecule has 1 fully saturated rings. The molecule has 1 aliphatic heterocycles. The summed E-state index contributed by atoms with van der Waals surface area (Å²) in [7, 11) is 0. The molecule has 0 aliphatic carbocycles. The lowest BCUT2D eigenvalue weighted by Crippen LogP contribution is -2.47. The summed E-state index contributed by atoms with van der Waals surface area (Å²) >= 11 is 0. The van der Waals surface area contributed by atoms with Crippen molar-refractivity contribution in [2.75, 3.05) is 44.2 Å². The Labute approximate surface area is 182 Å². The number of hydrogen-bond donors (Lipinski definition) is 0. The fraction of sp³-hybridized carbons (Fsp3) is 0.360. The average molecular weight is 418 g/mol. The zero-order valence-corrected chi connectivity index (χ0v) is 18.1. The maximum atomic E-state index is 11.7. The quantitative estimate of drug-likeness (QED) is 0.448. The summed E-state index contributed by atoms with van der Waals surface area (Å²) in [5.41, 5.74) is 3.88. The van der Waals surface area contributed by atoms with Crippen LogP contribution in [0, 0.1) is 25.2 Å². The highest BCUT2D eigenvalue weighted by atomic mass is 16.5. The summed E-state index contributed by atoms with van der Waals surface area (Å²) in [6.07, 6.45) is 0.917. The molecule has 0 radical (unpaired) electrons. The Morgan fingerprint density at radius 3 is 2.65 bits per heavy atom. The van der Waals surface area contributed by atoms with E-state index in [1.165, 1.54) is 6.07 Å². The van der Waals surface area contributed by atoms with E-state index in [0.717, 1.165) is 72.7 Å². The maximum absolute atomic E-state index is 11.7. The molecule has 0 spiro atoms. The molecule has 31 heavy (non-hydrogen) atoms. The van der Waals surface area contributed by atoms with Gasteiger partial charge in [-0.25, -0.2) is 4.79 Å². The van der Waals surface area contributed by atoms with Gasteiger partial charge in [0.25, 0.3) is 0 Å². The second-order valence-electron chi connectivity index (χ2n) is 8.04. The Bertz CT molecular complexity index is 1170. The van der Waals surface area contributed by atoms with Crippen LogP contribution >= 0.6 is 0 Å². The first-order chi connectivity index (χ1) is 15.0. The summed E-state index contributed by atoms with van der Waals surface area (Å²) < 4.78 is 11.5. The summed E-state index contributed by atoms with van der Waals surface area (Å²) in [6.45, 7) is 9.22. The number of benzene rings is 2. The Morgan fingerprint density at radius 1 is 1.10 bits per heavy atom. The molecule has 3 aromatic rings. The number of aryl methyl sites for hydroxylation is 2. The van der Waals surface area contributed by atoms with Crippen LogP contribution in [0.4, 0.5) is 5.69 Å². The smallest absolute Gasteiger partial charge is 0.336 e. The van der Waals surface area contributed by atoms with E-state index in [2.05, 4.69) is 15.9 Å². The van der Waals surface area contributed by atoms with Crippen molar-refractivity contribution in [2.45, 2.75) is 20.3 Å². The first-order valence-electron chi connectivity index (χ1n) is 10.7. The van der Waals surface area contributed by atoms with Crippen LogP contribution in [-0.2, 0) is 0 Å². The Kier molecular flexibility index (Phi) is 6.24. The van der Waals surface area contributed by atoms with Gasteiger partial charge in [0.1, 0.15) is 17.4 Å². The molecule has 1 aliphatic rings. The Morgan fingerprint density at radius 2 is 1.87 bits per heavy atom. The number of ether oxygens (including phenoxy) is 1. The molecule has 0 bridgehead atoms. The van der Waals surface area contributed by atoms with Crippen LogP contribution in [0.1, 0.15) is 23.1 Å². The zero-order valence-electron chi connectivity index (χ0n) is 18.1. The minimum absolute atomic E-state index is 0.335. The average Bonchev–Trinajstić information content (AvgIpc) is 2.76. The van der Waals surface area contributed by atoms with Crippen LogP contribution < -0.4 is 15.3 Å². The van der Waals surface area contributed by atoms with Gasteiger partial charge in [0.2, 0.25) is 0 Å². The molecule has 4 rings (SSSR count). The molecule has 0 saturated carbocycles. The predicted octanol–water partition coefficient (Wildman–Crippen LogP) is 3.87. The van der Waals surface area contributed by atoms with Crippen molar-refractivity contribution in [1.82, 2.24) is 4.90 Å². The highest BCUT2D eigenvalue weighted by Crippen LogP contribution is 2.29. The van der Waals surface area contributed by atoms with Gasteiger partial charge in [-0.2, -0.15) is 5.26 Å². The summed E-state index contributed by atoms with van der Waals surface area (Å²) in [5, 5.41) is 10.2. The topological polar surface area (TPSA) is 69.7 Å². The van der Waals surface area contributed by atoms with Crippen LogP contribution in [0.5, 0.6) is 5.75 Å². The number of hydrogen-bond acceptors (Lipinski definition) is 6. The highest BCUT2D eigenvalue weighted by molar-refractivity contribution is 5.87. The second kappa shape index (κ2) is 9.23. The van der Waals surface area contributed by atoms with Gasteiger partial charge < -0.3 is 14.1 Å². The van der Waals surface area contributed by atoms with Crippen LogP contribution in [0.15, 0.2) is 51.7 Å². The van der Waals surface area contributed by atoms with Crippen molar-refractivity contribution < 1.29 is 9.15 Å².